The third-order valence-corrected chi connectivity index (χ3v) is 7.57. The zero-order valence-electron chi connectivity index (χ0n) is 17.2. The summed E-state index contributed by atoms with van der Waals surface area (Å²) in [7, 11) is 0. The summed E-state index contributed by atoms with van der Waals surface area (Å²) in [5, 5.41) is 0. The van der Waals surface area contributed by atoms with E-state index >= 15 is 0 Å². The van der Waals surface area contributed by atoms with Crippen LogP contribution in [0.15, 0.2) is 24.3 Å². The predicted molar refractivity (Wildman–Crippen MR) is 108 cm³/mol. The monoisotopic (exact) mass is 408 g/mol. The van der Waals surface area contributed by atoms with Crippen LogP contribution in [0.25, 0.3) is 0 Å². The van der Waals surface area contributed by atoms with E-state index < -0.39 is 0 Å². The molecule has 4 atom stereocenters. The zero-order chi connectivity index (χ0) is 20.8. The normalized spacial score (nSPS) is 31.3. The molecule has 4 fully saturated rings. The molecular formula is C24H28N2O4. The lowest BCUT2D eigenvalue weighted by atomic mass is 9.81. The molecule has 2 aliphatic heterocycles. The summed E-state index contributed by atoms with van der Waals surface area (Å²) in [6.45, 7) is 0.605. The maximum atomic E-state index is 12.7. The van der Waals surface area contributed by atoms with Crippen LogP contribution in [-0.2, 0) is 32.3 Å². The summed E-state index contributed by atoms with van der Waals surface area (Å²) in [4.78, 5) is 53.5. The lowest BCUT2D eigenvalue weighted by Crippen LogP contribution is -2.31. The number of hydrogen-bond donors (Lipinski definition) is 0. The van der Waals surface area contributed by atoms with Crippen molar-refractivity contribution in [3.63, 3.8) is 0 Å². The minimum absolute atomic E-state index is 0.0235. The first-order chi connectivity index (χ1) is 14.5. The highest BCUT2D eigenvalue weighted by atomic mass is 16.2. The van der Waals surface area contributed by atoms with Crippen LogP contribution in [0.1, 0.15) is 62.5 Å². The SMILES string of the molecule is O=C1[C@H]2CCCC[C@H]2C(=O)N1Cc1ccc(CN2C(=O)[C@H]3CCCC[C@H]3C2=O)cc1. The van der Waals surface area contributed by atoms with E-state index in [1.807, 2.05) is 24.3 Å². The first-order valence-corrected chi connectivity index (χ1v) is 11.3. The van der Waals surface area contributed by atoms with Crippen molar-refractivity contribution in [2.45, 2.75) is 64.5 Å². The van der Waals surface area contributed by atoms with Gasteiger partial charge in [0.15, 0.2) is 0 Å². The van der Waals surface area contributed by atoms with E-state index in [0.29, 0.717) is 13.1 Å². The van der Waals surface area contributed by atoms with Crippen molar-refractivity contribution in [2.24, 2.45) is 23.7 Å². The summed E-state index contributed by atoms with van der Waals surface area (Å²) < 4.78 is 0. The van der Waals surface area contributed by atoms with Crippen molar-refractivity contribution >= 4 is 23.6 Å². The van der Waals surface area contributed by atoms with E-state index in [1.165, 1.54) is 9.80 Å². The van der Waals surface area contributed by atoms with E-state index in [-0.39, 0.29) is 47.3 Å². The third-order valence-electron chi connectivity index (χ3n) is 7.57. The van der Waals surface area contributed by atoms with Gasteiger partial charge in [-0.1, -0.05) is 49.9 Å². The molecule has 30 heavy (non-hydrogen) atoms. The molecule has 1 aromatic carbocycles. The Kier molecular flexibility index (Phi) is 4.95. The van der Waals surface area contributed by atoms with Crippen LogP contribution in [0.5, 0.6) is 0 Å². The molecule has 0 radical (unpaired) electrons. The van der Waals surface area contributed by atoms with Gasteiger partial charge in [0.2, 0.25) is 23.6 Å². The van der Waals surface area contributed by atoms with Gasteiger partial charge in [0.25, 0.3) is 0 Å². The Morgan fingerprint density at radius 2 is 0.800 bits per heavy atom. The van der Waals surface area contributed by atoms with E-state index in [9.17, 15) is 19.2 Å². The molecule has 2 aliphatic carbocycles. The van der Waals surface area contributed by atoms with Crippen LogP contribution in [0, 0.1) is 23.7 Å². The predicted octanol–water partition coefficient (Wildman–Crippen LogP) is 3.04. The minimum Gasteiger partial charge on any atom is -0.278 e. The van der Waals surface area contributed by atoms with Crippen LogP contribution >= 0.6 is 0 Å². The summed E-state index contributed by atoms with van der Waals surface area (Å²) in [6.07, 6.45) is 7.40. The number of benzene rings is 1. The van der Waals surface area contributed by atoms with Gasteiger partial charge in [-0.3, -0.25) is 29.0 Å². The Morgan fingerprint density at radius 1 is 0.533 bits per heavy atom. The smallest absolute Gasteiger partial charge is 0.233 e. The summed E-state index contributed by atoms with van der Waals surface area (Å²) >= 11 is 0. The first kappa shape index (κ1) is 19.5. The molecule has 4 amide bonds. The lowest BCUT2D eigenvalue weighted by molar-refractivity contribution is -0.142. The Bertz CT molecular complexity index is 772. The molecule has 0 unspecified atom stereocenters. The van der Waals surface area contributed by atoms with Crippen molar-refractivity contribution in [2.75, 3.05) is 0 Å². The van der Waals surface area contributed by atoms with E-state index in [1.54, 1.807) is 0 Å². The molecule has 2 saturated heterocycles. The highest BCUT2D eigenvalue weighted by Gasteiger charge is 2.49. The number of amides is 4. The van der Waals surface area contributed by atoms with Crippen molar-refractivity contribution in [1.29, 1.82) is 0 Å². The Balaban J connectivity index is 1.25. The molecule has 0 aromatic heterocycles. The van der Waals surface area contributed by atoms with E-state index in [0.717, 1.165) is 62.5 Å². The first-order valence-electron chi connectivity index (χ1n) is 11.3. The van der Waals surface area contributed by atoms with Crippen LogP contribution < -0.4 is 0 Å². The fraction of sp³-hybridized carbons (Fsp3) is 0.583. The van der Waals surface area contributed by atoms with Gasteiger partial charge in [-0.2, -0.15) is 0 Å². The standard InChI is InChI=1S/C24H28N2O4/c27-21-17-5-1-2-6-18(17)22(28)25(21)13-15-9-11-16(12-10-15)14-26-23(29)19-7-3-4-8-20(19)24(26)30/h9-12,17-20H,1-8,13-14H2/t17-,18+,19-,20+. The van der Waals surface area contributed by atoms with Crippen molar-refractivity contribution in [3.05, 3.63) is 35.4 Å². The largest absolute Gasteiger partial charge is 0.278 e. The van der Waals surface area contributed by atoms with E-state index in [4.69, 9.17) is 0 Å². The fourth-order valence-electron chi connectivity index (χ4n) is 5.89. The molecule has 6 heteroatoms. The molecule has 5 rings (SSSR count). The highest BCUT2D eigenvalue weighted by Crippen LogP contribution is 2.39. The summed E-state index contributed by atoms with van der Waals surface area (Å²) in [5.74, 6) is -0.589. The van der Waals surface area contributed by atoms with Crippen molar-refractivity contribution in [1.82, 2.24) is 9.80 Å². The number of rotatable bonds is 4. The topological polar surface area (TPSA) is 74.8 Å². The molecule has 4 aliphatic rings. The van der Waals surface area contributed by atoms with Crippen LogP contribution in [0.3, 0.4) is 0 Å². The van der Waals surface area contributed by atoms with Gasteiger partial charge in [0, 0.05) is 0 Å². The summed E-state index contributed by atoms with van der Waals surface area (Å²) in [6, 6.07) is 7.60. The molecule has 0 N–H and O–H groups in total. The number of hydrogen-bond acceptors (Lipinski definition) is 4. The number of carbonyl (C=O) groups excluding carboxylic acids is 4. The van der Waals surface area contributed by atoms with Crippen LogP contribution in [-0.4, -0.2) is 33.4 Å². The second kappa shape index (κ2) is 7.64. The van der Waals surface area contributed by atoms with Gasteiger partial charge in [-0.25, -0.2) is 0 Å². The van der Waals surface area contributed by atoms with Crippen molar-refractivity contribution in [3.8, 4) is 0 Å². The second-order valence-electron chi connectivity index (χ2n) is 9.34. The van der Waals surface area contributed by atoms with E-state index in [2.05, 4.69) is 0 Å². The molecule has 1 aromatic rings. The average Bonchev–Trinajstić information content (AvgIpc) is 3.16. The quantitative estimate of drug-likeness (QED) is 0.718. The molecule has 2 heterocycles. The van der Waals surface area contributed by atoms with Crippen LogP contribution in [0.4, 0.5) is 0 Å². The van der Waals surface area contributed by atoms with Gasteiger partial charge in [-0.15, -0.1) is 0 Å². The molecular weight excluding hydrogens is 380 g/mol. The summed E-state index contributed by atoms with van der Waals surface area (Å²) in [5.41, 5.74) is 1.79. The highest BCUT2D eigenvalue weighted by molar-refractivity contribution is 6.05. The number of nitrogens with zero attached hydrogens (tertiary/aromatic N) is 2. The number of carbonyl (C=O) groups is 4. The molecule has 6 nitrogen and oxygen atoms in total. The lowest BCUT2D eigenvalue weighted by Gasteiger charge is -2.19. The van der Waals surface area contributed by atoms with Gasteiger partial charge in [0.1, 0.15) is 0 Å². The molecule has 0 spiro atoms. The second-order valence-corrected chi connectivity index (χ2v) is 9.34. The number of likely N-dealkylation sites (tertiary alicyclic amines) is 2. The van der Waals surface area contributed by atoms with Crippen molar-refractivity contribution < 1.29 is 19.2 Å². The van der Waals surface area contributed by atoms with Gasteiger partial charge in [0.05, 0.1) is 36.8 Å². The maximum absolute atomic E-state index is 12.7. The molecule has 2 saturated carbocycles. The number of fused-ring (bicyclic) bond motifs is 2. The number of imide groups is 2. The Labute approximate surface area is 176 Å². The Hall–Kier alpha value is -2.50. The Morgan fingerprint density at radius 3 is 1.07 bits per heavy atom. The molecule has 158 valence electrons. The molecule has 0 bridgehead atoms. The van der Waals surface area contributed by atoms with Gasteiger partial charge in [-0.05, 0) is 36.8 Å². The minimum atomic E-state index is -0.124. The third kappa shape index (κ3) is 3.17. The zero-order valence-corrected chi connectivity index (χ0v) is 17.2. The van der Waals surface area contributed by atoms with Crippen LogP contribution in [0.2, 0.25) is 0 Å². The van der Waals surface area contributed by atoms with Gasteiger partial charge >= 0.3 is 0 Å². The fourth-order valence-corrected chi connectivity index (χ4v) is 5.89. The maximum Gasteiger partial charge on any atom is 0.233 e. The average molecular weight is 408 g/mol. The van der Waals surface area contributed by atoms with Gasteiger partial charge < -0.3 is 0 Å².